The summed E-state index contributed by atoms with van der Waals surface area (Å²) in [7, 11) is 0. The molecule has 0 amide bonds. The molecule has 0 saturated carbocycles. The average molecular weight is 315 g/mol. The highest BCUT2D eigenvalue weighted by Crippen LogP contribution is 2.31. The van der Waals surface area contributed by atoms with E-state index < -0.39 is 0 Å². The van der Waals surface area contributed by atoms with Crippen LogP contribution < -0.4 is 4.74 Å². The van der Waals surface area contributed by atoms with Gasteiger partial charge in [-0.05, 0) is 31.5 Å². The Balaban J connectivity index is 1.99. The maximum Gasteiger partial charge on any atom is 0.119 e. The summed E-state index contributed by atoms with van der Waals surface area (Å²) in [5.74, 6) is 0.897. The summed E-state index contributed by atoms with van der Waals surface area (Å²) < 4.78 is 16.7. The van der Waals surface area contributed by atoms with Gasteiger partial charge in [0.1, 0.15) is 5.75 Å². The van der Waals surface area contributed by atoms with Crippen molar-refractivity contribution in [2.75, 3.05) is 19.8 Å². The highest BCUT2D eigenvalue weighted by molar-refractivity contribution is 9.09. The van der Waals surface area contributed by atoms with Crippen LogP contribution in [0.15, 0.2) is 24.3 Å². The van der Waals surface area contributed by atoms with Crippen molar-refractivity contribution in [2.24, 2.45) is 0 Å². The second-order valence-corrected chi connectivity index (χ2v) is 5.61. The molecule has 1 aliphatic rings. The smallest absolute Gasteiger partial charge is 0.119 e. The zero-order chi connectivity index (χ0) is 13.0. The van der Waals surface area contributed by atoms with E-state index in [1.807, 2.05) is 26.0 Å². The molecule has 0 N–H and O–H groups in total. The lowest BCUT2D eigenvalue weighted by Crippen LogP contribution is -2.31. The van der Waals surface area contributed by atoms with Gasteiger partial charge in [-0.2, -0.15) is 0 Å². The summed E-state index contributed by atoms with van der Waals surface area (Å²) in [4.78, 5) is 0.158. The van der Waals surface area contributed by atoms with Gasteiger partial charge in [0.05, 0.1) is 36.9 Å². The van der Waals surface area contributed by atoms with E-state index in [4.69, 9.17) is 14.2 Å². The molecule has 2 unspecified atom stereocenters. The Morgan fingerprint density at radius 2 is 1.94 bits per heavy atom. The van der Waals surface area contributed by atoms with Crippen LogP contribution in [0.3, 0.4) is 0 Å². The van der Waals surface area contributed by atoms with E-state index in [1.165, 1.54) is 5.56 Å². The number of halogens is 1. The highest BCUT2D eigenvalue weighted by Gasteiger charge is 2.24. The molecule has 0 aromatic heterocycles. The molecule has 18 heavy (non-hydrogen) atoms. The first-order valence-electron chi connectivity index (χ1n) is 6.27. The minimum Gasteiger partial charge on any atom is -0.491 e. The van der Waals surface area contributed by atoms with Crippen LogP contribution in [0.1, 0.15) is 24.2 Å². The molecule has 2 atom stereocenters. The van der Waals surface area contributed by atoms with Crippen LogP contribution in [0.4, 0.5) is 0 Å². The van der Waals surface area contributed by atoms with Gasteiger partial charge < -0.3 is 14.2 Å². The van der Waals surface area contributed by atoms with Crippen LogP contribution >= 0.6 is 15.9 Å². The summed E-state index contributed by atoms with van der Waals surface area (Å²) in [6.45, 7) is 6.04. The number of alkyl halides is 1. The van der Waals surface area contributed by atoms with Gasteiger partial charge in [-0.15, -0.1) is 0 Å². The van der Waals surface area contributed by atoms with Crippen molar-refractivity contribution >= 4 is 15.9 Å². The average Bonchev–Trinajstić information content (AvgIpc) is 2.39. The van der Waals surface area contributed by atoms with Gasteiger partial charge in [-0.1, -0.05) is 28.1 Å². The Morgan fingerprint density at radius 3 is 2.50 bits per heavy atom. The predicted molar refractivity (Wildman–Crippen MR) is 74.4 cm³/mol. The first-order valence-corrected chi connectivity index (χ1v) is 7.18. The van der Waals surface area contributed by atoms with Crippen molar-refractivity contribution in [3.05, 3.63) is 29.8 Å². The molecule has 4 heteroatoms. The largest absolute Gasteiger partial charge is 0.491 e. The van der Waals surface area contributed by atoms with Crippen LogP contribution in [-0.4, -0.2) is 32.0 Å². The van der Waals surface area contributed by atoms with Crippen molar-refractivity contribution in [1.29, 1.82) is 0 Å². The van der Waals surface area contributed by atoms with Crippen molar-refractivity contribution in [1.82, 2.24) is 0 Å². The van der Waals surface area contributed by atoms with E-state index >= 15 is 0 Å². The Morgan fingerprint density at radius 1 is 1.22 bits per heavy atom. The quantitative estimate of drug-likeness (QED) is 0.798. The minimum absolute atomic E-state index is 0.0793. The Kier molecular flexibility index (Phi) is 5.03. The van der Waals surface area contributed by atoms with Crippen molar-refractivity contribution in [2.45, 2.75) is 30.9 Å². The fourth-order valence-electron chi connectivity index (χ4n) is 1.89. The molecule has 2 rings (SSSR count). The molecule has 3 nitrogen and oxygen atoms in total. The van der Waals surface area contributed by atoms with Crippen molar-refractivity contribution in [3.63, 3.8) is 0 Å². The Labute approximate surface area is 117 Å². The van der Waals surface area contributed by atoms with Gasteiger partial charge in [0.25, 0.3) is 0 Å². The zero-order valence-electron chi connectivity index (χ0n) is 10.8. The Bertz CT molecular complexity index is 358. The predicted octanol–water partition coefficient (Wildman–Crippen LogP) is 3.33. The molecule has 0 radical (unpaired) electrons. The first kappa shape index (κ1) is 13.8. The molecule has 1 aromatic rings. The van der Waals surface area contributed by atoms with E-state index in [1.54, 1.807) is 0 Å². The second-order valence-electron chi connectivity index (χ2n) is 4.62. The number of ether oxygens (including phenoxy) is 3. The minimum atomic E-state index is 0.0793. The van der Waals surface area contributed by atoms with E-state index in [-0.39, 0.29) is 17.0 Å². The van der Waals surface area contributed by atoms with Gasteiger partial charge in [-0.3, -0.25) is 0 Å². The lowest BCUT2D eigenvalue weighted by atomic mass is 10.1. The van der Waals surface area contributed by atoms with Crippen molar-refractivity contribution in [3.8, 4) is 5.75 Å². The molecule has 1 saturated heterocycles. The molecule has 0 spiro atoms. The van der Waals surface area contributed by atoms with E-state index in [0.717, 1.165) is 5.75 Å². The number of hydrogen-bond acceptors (Lipinski definition) is 3. The van der Waals surface area contributed by atoms with Crippen LogP contribution in [0.2, 0.25) is 0 Å². The SMILES string of the molecule is CC(C)Oc1ccc(C(Br)C2COCCO2)cc1. The summed E-state index contributed by atoms with van der Waals surface area (Å²) in [6.07, 6.45) is 0.279. The van der Waals surface area contributed by atoms with Crippen LogP contribution in [0, 0.1) is 0 Å². The highest BCUT2D eigenvalue weighted by atomic mass is 79.9. The first-order chi connectivity index (χ1) is 8.66. The van der Waals surface area contributed by atoms with Gasteiger partial charge in [0.2, 0.25) is 0 Å². The number of rotatable bonds is 4. The molecule has 0 bridgehead atoms. The molecule has 1 heterocycles. The normalized spacial score (nSPS) is 21.9. The fraction of sp³-hybridized carbons (Fsp3) is 0.571. The molecule has 1 aliphatic heterocycles. The third-order valence-corrected chi connectivity index (χ3v) is 3.86. The molecular formula is C14H19BrO3. The van der Waals surface area contributed by atoms with Gasteiger partial charge in [0, 0.05) is 0 Å². The number of hydrogen-bond donors (Lipinski definition) is 0. The van der Waals surface area contributed by atoms with E-state index in [9.17, 15) is 0 Å². The monoisotopic (exact) mass is 314 g/mol. The topological polar surface area (TPSA) is 27.7 Å². The molecular weight excluding hydrogens is 296 g/mol. The standard InChI is InChI=1S/C14H19BrO3/c1-10(2)18-12-5-3-11(4-6-12)14(15)13-9-16-7-8-17-13/h3-6,10,13-14H,7-9H2,1-2H3. The van der Waals surface area contributed by atoms with E-state index in [2.05, 4.69) is 28.1 Å². The van der Waals surface area contributed by atoms with Crippen LogP contribution in [0.5, 0.6) is 5.75 Å². The van der Waals surface area contributed by atoms with Crippen LogP contribution in [-0.2, 0) is 9.47 Å². The molecule has 1 aromatic carbocycles. The van der Waals surface area contributed by atoms with Crippen LogP contribution in [0.25, 0.3) is 0 Å². The molecule has 1 fully saturated rings. The van der Waals surface area contributed by atoms with Gasteiger partial charge in [-0.25, -0.2) is 0 Å². The summed E-state index contributed by atoms with van der Waals surface area (Å²) in [6, 6.07) is 8.12. The van der Waals surface area contributed by atoms with Gasteiger partial charge in [0.15, 0.2) is 0 Å². The Hall–Kier alpha value is -0.580. The fourth-order valence-corrected chi connectivity index (χ4v) is 2.50. The summed E-state index contributed by atoms with van der Waals surface area (Å²) >= 11 is 3.68. The third kappa shape index (κ3) is 3.70. The van der Waals surface area contributed by atoms with Gasteiger partial charge >= 0.3 is 0 Å². The second kappa shape index (κ2) is 6.55. The zero-order valence-corrected chi connectivity index (χ0v) is 12.4. The maximum absolute atomic E-state index is 5.69. The summed E-state index contributed by atoms with van der Waals surface area (Å²) in [5.41, 5.74) is 1.18. The molecule has 100 valence electrons. The lowest BCUT2D eigenvalue weighted by molar-refractivity contribution is -0.0876. The summed E-state index contributed by atoms with van der Waals surface area (Å²) in [5, 5.41) is 0. The third-order valence-electron chi connectivity index (χ3n) is 2.74. The van der Waals surface area contributed by atoms with Crippen molar-refractivity contribution < 1.29 is 14.2 Å². The maximum atomic E-state index is 5.69. The molecule has 0 aliphatic carbocycles. The lowest BCUT2D eigenvalue weighted by Gasteiger charge is -2.27. The number of benzene rings is 1. The van der Waals surface area contributed by atoms with E-state index in [0.29, 0.717) is 19.8 Å².